The normalized spacial score (nSPS) is 14.2. The van der Waals surface area contributed by atoms with Crippen LogP contribution in [0.5, 0.6) is 5.75 Å². The van der Waals surface area contributed by atoms with Crippen LogP contribution in [0, 0.1) is 19.8 Å². The third-order valence-electron chi connectivity index (χ3n) is 5.72. The number of nitrogens with one attached hydrogen (secondary N) is 1. The summed E-state index contributed by atoms with van der Waals surface area (Å²) in [5.74, 6) is 0.466. The average molecular weight is 433 g/mol. The number of nitrogens with zero attached hydrogens (tertiary/aromatic N) is 3. The Balaban J connectivity index is 1.33. The maximum absolute atomic E-state index is 13.0. The van der Waals surface area contributed by atoms with Crippen molar-refractivity contribution in [3.05, 3.63) is 72.1 Å². The van der Waals surface area contributed by atoms with Crippen LogP contribution in [0.15, 0.2) is 60.7 Å². The van der Waals surface area contributed by atoms with E-state index in [0.29, 0.717) is 31.7 Å². The number of ether oxygens (including phenoxy) is 1. The van der Waals surface area contributed by atoms with Gasteiger partial charge < -0.3 is 15.0 Å². The molecular weight excluding hydrogens is 404 g/mol. The highest BCUT2D eigenvalue weighted by Gasteiger charge is 2.28. The highest BCUT2D eigenvalue weighted by molar-refractivity contribution is 5.94. The number of hydrogen-bond acceptors (Lipinski definition) is 4. The topological polar surface area (TPSA) is 76.5 Å². The van der Waals surface area contributed by atoms with Crippen LogP contribution in [0.25, 0.3) is 5.69 Å². The zero-order chi connectivity index (χ0) is 22.5. The van der Waals surface area contributed by atoms with Crippen LogP contribution in [0.2, 0.25) is 0 Å². The first kappa shape index (κ1) is 21.6. The van der Waals surface area contributed by atoms with Crippen LogP contribution in [0.3, 0.4) is 0 Å². The quantitative estimate of drug-likeness (QED) is 0.644. The predicted molar refractivity (Wildman–Crippen MR) is 123 cm³/mol. The van der Waals surface area contributed by atoms with Gasteiger partial charge in [0.2, 0.25) is 5.91 Å². The fraction of sp³-hybridized carbons (Fsp3) is 0.320. The summed E-state index contributed by atoms with van der Waals surface area (Å²) in [7, 11) is 0. The van der Waals surface area contributed by atoms with Crippen LogP contribution in [-0.2, 0) is 9.59 Å². The second-order valence-corrected chi connectivity index (χ2v) is 8.10. The number of likely N-dealkylation sites (tertiary alicyclic amines) is 1. The van der Waals surface area contributed by atoms with Gasteiger partial charge in [0.05, 0.1) is 17.1 Å². The summed E-state index contributed by atoms with van der Waals surface area (Å²) in [6, 6.07) is 19.0. The minimum Gasteiger partial charge on any atom is -0.484 e. The molecular formula is C25H28N4O3. The van der Waals surface area contributed by atoms with Crippen LogP contribution in [-0.4, -0.2) is 46.2 Å². The number of rotatable bonds is 6. The van der Waals surface area contributed by atoms with Crippen molar-refractivity contribution >= 4 is 17.5 Å². The standard InChI is InChI=1S/C25H28N4O3/c1-18-16-19(2)29(27-18)23-11-7-6-10-22(23)26-25(31)20-12-14-28(15-13-20)24(30)17-32-21-8-4-3-5-9-21/h3-11,16,20H,12-15,17H2,1-2H3,(H,26,31). The molecule has 0 radical (unpaired) electrons. The Morgan fingerprint density at radius 1 is 1.03 bits per heavy atom. The lowest BCUT2D eigenvalue weighted by molar-refractivity contribution is -0.136. The number of anilines is 1. The molecule has 2 heterocycles. The lowest BCUT2D eigenvalue weighted by Crippen LogP contribution is -2.43. The zero-order valence-electron chi connectivity index (χ0n) is 18.5. The van der Waals surface area contributed by atoms with Gasteiger partial charge in [0.15, 0.2) is 6.61 Å². The van der Waals surface area contributed by atoms with Crippen LogP contribution < -0.4 is 10.1 Å². The predicted octanol–water partition coefficient (Wildman–Crippen LogP) is 3.75. The number of carbonyl (C=O) groups excluding carboxylic acids is 2. The fourth-order valence-corrected chi connectivity index (χ4v) is 4.02. The minimum absolute atomic E-state index is 0.0108. The third-order valence-corrected chi connectivity index (χ3v) is 5.72. The van der Waals surface area contributed by atoms with Gasteiger partial charge in [-0.15, -0.1) is 0 Å². The molecule has 1 fully saturated rings. The smallest absolute Gasteiger partial charge is 0.260 e. The van der Waals surface area contributed by atoms with Crippen molar-refractivity contribution in [1.82, 2.24) is 14.7 Å². The van der Waals surface area contributed by atoms with E-state index in [1.54, 1.807) is 4.90 Å². The van der Waals surface area contributed by atoms with Gasteiger partial charge in [0.1, 0.15) is 5.75 Å². The molecule has 1 aliphatic rings. The number of carbonyl (C=O) groups is 2. The van der Waals surface area contributed by atoms with E-state index >= 15 is 0 Å². The van der Waals surface area contributed by atoms with Crippen molar-refractivity contribution in [2.75, 3.05) is 25.0 Å². The molecule has 7 heteroatoms. The molecule has 0 bridgehead atoms. The molecule has 1 N–H and O–H groups in total. The maximum Gasteiger partial charge on any atom is 0.260 e. The van der Waals surface area contributed by atoms with E-state index in [1.165, 1.54) is 0 Å². The van der Waals surface area contributed by atoms with Crippen LogP contribution in [0.1, 0.15) is 24.2 Å². The first-order valence-electron chi connectivity index (χ1n) is 10.9. The number of amides is 2. The van der Waals surface area contributed by atoms with E-state index in [2.05, 4.69) is 10.4 Å². The van der Waals surface area contributed by atoms with Gasteiger partial charge in [-0.2, -0.15) is 5.10 Å². The van der Waals surface area contributed by atoms with E-state index in [-0.39, 0.29) is 24.3 Å². The van der Waals surface area contributed by atoms with Gasteiger partial charge in [-0.3, -0.25) is 9.59 Å². The van der Waals surface area contributed by atoms with E-state index in [0.717, 1.165) is 22.8 Å². The maximum atomic E-state index is 13.0. The molecule has 166 valence electrons. The van der Waals surface area contributed by atoms with E-state index in [4.69, 9.17) is 4.74 Å². The molecule has 0 spiro atoms. The Hall–Kier alpha value is -3.61. The van der Waals surface area contributed by atoms with Crippen molar-refractivity contribution in [3.8, 4) is 11.4 Å². The minimum atomic E-state index is -0.136. The summed E-state index contributed by atoms with van der Waals surface area (Å²) in [5, 5.41) is 7.62. The van der Waals surface area contributed by atoms with Gasteiger partial charge in [-0.25, -0.2) is 4.68 Å². The van der Waals surface area contributed by atoms with Crippen LogP contribution >= 0.6 is 0 Å². The molecule has 1 aliphatic heterocycles. The average Bonchev–Trinajstić information content (AvgIpc) is 3.16. The zero-order valence-corrected chi connectivity index (χ0v) is 18.5. The molecule has 4 rings (SSSR count). The number of aryl methyl sites for hydroxylation is 2. The lowest BCUT2D eigenvalue weighted by atomic mass is 9.95. The number of piperidine rings is 1. The van der Waals surface area contributed by atoms with Crippen LogP contribution in [0.4, 0.5) is 5.69 Å². The SMILES string of the molecule is Cc1cc(C)n(-c2ccccc2NC(=O)C2CCN(C(=O)COc3ccccc3)CC2)n1. The van der Waals surface area contributed by atoms with Gasteiger partial charge >= 0.3 is 0 Å². The Morgan fingerprint density at radius 3 is 2.41 bits per heavy atom. The summed E-state index contributed by atoms with van der Waals surface area (Å²) >= 11 is 0. The summed E-state index contributed by atoms with van der Waals surface area (Å²) in [6.45, 7) is 5.05. The lowest BCUT2D eigenvalue weighted by Gasteiger charge is -2.31. The largest absolute Gasteiger partial charge is 0.484 e. The van der Waals surface area contributed by atoms with Gasteiger partial charge in [0, 0.05) is 24.7 Å². The Labute approximate surface area is 188 Å². The van der Waals surface area contributed by atoms with Gasteiger partial charge in [-0.05, 0) is 57.0 Å². The third kappa shape index (κ3) is 4.99. The molecule has 2 amide bonds. The molecule has 0 aliphatic carbocycles. The second-order valence-electron chi connectivity index (χ2n) is 8.10. The highest BCUT2D eigenvalue weighted by Crippen LogP contribution is 2.25. The molecule has 2 aromatic carbocycles. The number of hydrogen-bond donors (Lipinski definition) is 1. The summed E-state index contributed by atoms with van der Waals surface area (Å²) < 4.78 is 7.41. The van der Waals surface area contributed by atoms with E-state index in [9.17, 15) is 9.59 Å². The molecule has 1 saturated heterocycles. The molecule has 3 aromatic rings. The molecule has 0 unspecified atom stereocenters. The number of para-hydroxylation sites is 3. The molecule has 7 nitrogen and oxygen atoms in total. The van der Waals surface area contributed by atoms with Crippen molar-refractivity contribution < 1.29 is 14.3 Å². The highest BCUT2D eigenvalue weighted by atomic mass is 16.5. The molecule has 0 saturated carbocycles. The Morgan fingerprint density at radius 2 is 1.72 bits per heavy atom. The molecule has 0 atom stereocenters. The Bertz CT molecular complexity index is 1090. The second kappa shape index (κ2) is 9.68. The Kier molecular flexibility index (Phi) is 6.54. The van der Waals surface area contributed by atoms with Crippen molar-refractivity contribution in [2.24, 2.45) is 5.92 Å². The molecule has 1 aromatic heterocycles. The molecule has 32 heavy (non-hydrogen) atoms. The number of benzene rings is 2. The van der Waals surface area contributed by atoms with Crippen molar-refractivity contribution in [2.45, 2.75) is 26.7 Å². The first-order chi connectivity index (χ1) is 15.5. The van der Waals surface area contributed by atoms with E-state index < -0.39 is 0 Å². The van der Waals surface area contributed by atoms with Crippen molar-refractivity contribution in [1.29, 1.82) is 0 Å². The summed E-state index contributed by atoms with van der Waals surface area (Å²) in [6.07, 6.45) is 1.26. The monoisotopic (exact) mass is 432 g/mol. The van der Waals surface area contributed by atoms with Crippen molar-refractivity contribution in [3.63, 3.8) is 0 Å². The number of aromatic nitrogens is 2. The summed E-state index contributed by atoms with van der Waals surface area (Å²) in [5.41, 5.74) is 3.52. The van der Waals surface area contributed by atoms with Gasteiger partial charge in [-0.1, -0.05) is 30.3 Å². The van der Waals surface area contributed by atoms with Gasteiger partial charge in [0.25, 0.3) is 5.91 Å². The van der Waals surface area contributed by atoms with E-state index in [1.807, 2.05) is 79.2 Å². The summed E-state index contributed by atoms with van der Waals surface area (Å²) in [4.78, 5) is 27.2. The first-order valence-corrected chi connectivity index (χ1v) is 10.9. The fourth-order valence-electron chi connectivity index (χ4n) is 4.02.